The Balaban J connectivity index is 2.10. The van der Waals surface area contributed by atoms with Gasteiger partial charge in [-0.1, -0.05) is 60.7 Å². The van der Waals surface area contributed by atoms with Crippen molar-refractivity contribution >= 4 is 0 Å². The van der Waals surface area contributed by atoms with Crippen molar-refractivity contribution in [3.8, 4) is 6.07 Å². The minimum absolute atomic E-state index is 0.319. The van der Waals surface area contributed by atoms with Gasteiger partial charge in [-0.15, -0.1) is 0 Å². The first-order valence-corrected chi connectivity index (χ1v) is 8.45. The highest BCUT2D eigenvalue weighted by Crippen LogP contribution is 2.43. The highest BCUT2D eigenvalue weighted by molar-refractivity contribution is 5.47. The molecule has 0 spiro atoms. The maximum atomic E-state index is 10.3. The number of nitriles is 1. The lowest BCUT2D eigenvalue weighted by Gasteiger charge is -2.34. The fraction of sp³-hybridized carbons (Fsp3) is 0.381. The molecule has 1 aliphatic heterocycles. The van der Waals surface area contributed by atoms with Crippen LogP contribution in [0.5, 0.6) is 0 Å². The van der Waals surface area contributed by atoms with Crippen LogP contribution in [0.15, 0.2) is 60.7 Å². The summed E-state index contributed by atoms with van der Waals surface area (Å²) in [6, 6.07) is 23.9. The summed E-state index contributed by atoms with van der Waals surface area (Å²) < 4.78 is 0. The zero-order chi connectivity index (χ0) is 16.3. The fourth-order valence-corrected chi connectivity index (χ4v) is 3.87. The largest absolute Gasteiger partial charge is 0.301 e. The Morgan fingerprint density at radius 2 is 1.52 bits per heavy atom. The number of hydrogen-bond acceptors (Lipinski definition) is 2. The zero-order valence-corrected chi connectivity index (χ0v) is 13.9. The van der Waals surface area contributed by atoms with Gasteiger partial charge in [-0.2, -0.15) is 5.26 Å². The Morgan fingerprint density at radius 1 is 1.00 bits per heavy atom. The van der Waals surface area contributed by atoms with Gasteiger partial charge in [-0.3, -0.25) is 0 Å². The third kappa shape index (κ3) is 2.78. The molecule has 0 N–H and O–H groups in total. The Bertz CT molecular complexity index is 630. The molecule has 1 unspecified atom stereocenters. The molecule has 0 bridgehead atoms. The van der Waals surface area contributed by atoms with Crippen molar-refractivity contribution in [2.45, 2.75) is 31.7 Å². The third-order valence-corrected chi connectivity index (χ3v) is 5.20. The number of hydrogen-bond donors (Lipinski definition) is 0. The van der Waals surface area contributed by atoms with E-state index in [1.165, 1.54) is 0 Å². The maximum absolute atomic E-state index is 10.3. The van der Waals surface area contributed by atoms with E-state index < -0.39 is 5.41 Å². The van der Waals surface area contributed by atoms with Crippen LogP contribution in [0.25, 0.3) is 0 Å². The van der Waals surface area contributed by atoms with Crippen molar-refractivity contribution in [3.05, 3.63) is 71.8 Å². The van der Waals surface area contributed by atoms with E-state index in [4.69, 9.17) is 0 Å². The lowest BCUT2D eigenvalue weighted by molar-refractivity contribution is 0.254. The standard InChI is InChI=1S/C21H24N2/c1-17(2)23-14-13-20(15-23)21(16-22,18-9-5-3-6-10-18)19-11-7-4-8-12-19/h3-12,17,20H,13-15H2,1-2H3. The average Bonchev–Trinajstić information content (AvgIpc) is 3.09. The fourth-order valence-electron chi connectivity index (χ4n) is 3.87. The van der Waals surface area contributed by atoms with Crippen LogP contribution in [-0.4, -0.2) is 24.0 Å². The van der Waals surface area contributed by atoms with E-state index in [0.717, 1.165) is 30.6 Å². The predicted octanol–water partition coefficient (Wildman–Crippen LogP) is 4.23. The first-order chi connectivity index (χ1) is 11.2. The van der Waals surface area contributed by atoms with E-state index in [1.54, 1.807) is 0 Å². The zero-order valence-electron chi connectivity index (χ0n) is 13.9. The topological polar surface area (TPSA) is 27.0 Å². The Hall–Kier alpha value is -2.11. The minimum Gasteiger partial charge on any atom is -0.301 e. The molecule has 2 aromatic rings. The lowest BCUT2D eigenvalue weighted by Crippen LogP contribution is -2.38. The third-order valence-electron chi connectivity index (χ3n) is 5.20. The molecule has 0 radical (unpaired) electrons. The van der Waals surface area contributed by atoms with Crippen LogP contribution in [0.4, 0.5) is 0 Å². The van der Waals surface area contributed by atoms with E-state index in [1.807, 2.05) is 36.4 Å². The van der Waals surface area contributed by atoms with Gasteiger partial charge >= 0.3 is 0 Å². The quantitative estimate of drug-likeness (QED) is 0.845. The molecule has 2 nitrogen and oxygen atoms in total. The Labute approximate surface area is 139 Å². The summed E-state index contributed by atoms with van der Waals surface area (Å²) >= 11 is 0. The molecule has 0 amide bonds. The predicted molar refractivity (Wildman–Crippen MR) is 94.1 cm³/mol. The molecular weight excluding hydrogens is 280 g/mol. The SMILES string of the molecule is CC(C)N1CCC(C(C#N)(c2ccccc2)c2ccccc2)C1. The Kier molecular flexibility index (Phi) is 4.50. The van der Waals surface area contributed by atoms with E-state index in [-0.39, 0.29) is 0 Å². The van der Waals surface area contributed by atoms with Crippen LogP contribution in [0, 0.1) is 17.2 Å². The van der Waals surface area contributed by atoms with E-state index in [0.29, 0.717) is 12.0 Å². The van der Waals surface area contributed by atoms with Crippen LogP contribution < -0.4 is 0 Å². The van der Waals surface area contributed by atoms with Crippen molar-refractivity contribution in [2.24, 2.45) is 5.92 Å². The summed E-state index contributed by atoms with van der Waals surface area (Å²) in [6.07, 6.45) is 1.07. The molecule has 0 aliphatic carbocycles. The monoisotopic (exact) mass is 304 g/mol. The van der Waals surface area contributed by atoms with Crippen LogP contribution in [0.3, 0.4) is 0 Å². The number of benzene rings is 2. The van der Waals surface area contributed by atoms with Crippen LogP contribution in [-0.2, 0) is 5.41 Å². The van der Waals surface area contributed by atoms with Crippen molar-refractivity contribution in [2.75, 3.05) is 13.1 Å². The van der Waals surface area contributed by atoms with E-state index in [2.05, 4.69) is 49.1 Å². The van der Waals surface area contributed by atoms with Gasteiger partial charge in [0.15, 0.2) is 0 Å². The van der Waals surface area contributed by atoms with Crippen LogP contribution in [0.2, 0.25) is 0 Å². The van der Waals surface area contributed by atoms with Gasteiger partial charge in [-0.05, 0) is 43.9 Å². The molecule has 1 heterocycles. The maximum Gasteiger partial charge on any atom is 0.111 e. The first-order valence-electron chi connectivity index (χ1n) is 8.45. The average molecular weight is 304 g/mol. The van der Waals surface area contributed by atoms with Crippen molar-refractivity contribution in [1.82, 2.24) is 4.90 Å². The summed E-state index contributed by atoms with van der Waals surface area (Å²) in [5, 5.41) is 10.3. The summed E-state index contributed by atoms with van der Waals surface area (Å²) in [4.78, 5) is 2.49. The van der Waals surface area contributed by atoms with Crippen LogP contribution in [0.1, 0.15) is 31.4 Å². The van der Waals surface area contributed by atoms with Gasteiger partial charge in [0.2, 0.25) is 0 Å². The minimum atomic E-state index is -0.563. The lowest BCUT2D eigenvalue weighted by atomic mass is 9.66. The van der Waals surface area contributed by atoms with Crippen molar-refractivity contribution in [3.63, 3.8) is 0 Å². The van der Waals surface area contributed by atoms with E-state index >= 15 is 0 Å². The second-order valence-corrected chi connectivity index (χ2v) is 6.73. The molecule has 3 rings (SSSR count). The van der Waals surface area contributed by atoms with Gasteiger partial charge in [-0.25, -0.2) is 0 Å². The molecule has 1 fully saturated rings. The van der Waals surface area contributed by atoms with Gasteiger partial charge in [0.1, 0.15) is 5.41 Å². The highest BCUT2D eigenvalue weighted by atomic mass is 15.2. The molecule has 2 heteroatoms. The molecule has 0 saturated carbocycles. The molecule has 118 valence electrons. The summed E-state index contributed by atoms with van der Waals surface area (Å²) in [6.45, 7) is 6.53. The normalized spacial score (nSPS) is 19.0. The molecule has 2 aromatic carbocycles. The van der Waals surface area contributed by atoms with Crippen molar-refractivity contribution in [1.29, 1.82) is 5.26 Å². The smallest absolute Gasteiger partial charge is 0.111 e. The second kappa shape index (κ2) is 6.56. The van der Waals surface area contributed by atoms with Crippen LogP contribution >= 0.6 is 0 Å². The van der Waals surface area contributed by atoms with Gasteiger partial charge < -0.3 is 4.90 Å². The first kappa shape index (κ1) is 15.8. The summed E-state index contributed by atoms with van der Waals surface area (Å²) in [7, 11) is 0. The van der Waals surface area contributed by atoms with Crippen molar-refractivity contribution < 1.29 is 0 Å². The van der Waals surface area contributed by atoms with Gasteiger partial charge in [0, 0.05) is 12.6 Å². The molecule has 1 atom stereocenters. The Morgan fingerprint density at radius 3 is 1.91 bits per heavy atom. The number of rotatable bonds is 4. The van der Waals surface area contributed by atoms with Gasteiger partial charge in [0.05, 0.1) is 6.07 Å². The summed E-state index contributed by atoms with van der Waals surface area (Å²) in [5.74, 6) is 0.319. The van der Waals surface area contributed by atoms with E-state index in [9.17, 15) is 5.26 Å². The number of likely N-dealkylation sites (tertiary alicyclic amines) is 1. The molecule has 1 saturated heterocycles. The summed E-state index contributed by atoms with van der Waals surface area (Å²) in [5.41, 5.74) is 1.67. The molecule has 0 aromatic heterocycles. The second-order valence-electron chi connectivity index (χ2n) is 6.73. The molecule has 1 aliphatic rings. The highest BCUT2D eigenvalue weighted by Gasteiger charge is 2.45. The van der Waals surface area contributed by atoms with Gasteiger partial charge in [0.25, 0.3) is 0 Å². The molecular formula is C21H24N2. The number of nitrogens with zero attached hydrogens (tertiary/aromatic N) is 2. The molecule has 23 heavy (non-hydrogen) atoms.